The van der Waals surface area contributed by atoms with Crippen LogP contribution in [0.2, 0.25) is 0 Å². The van der Waals surface area contributed by atoms with Crippen LogP contribution in [0.3, 0.4) is 0 Å². The summed E-state index contributed by atoms with van der Waals surface area (Å²) in [5, 5.41) is 6.08. The van der Waals surface area contributed by atoms with E-state index in [1.165, 1.54) is 6.07 Å². The van der Waals surface area contributed by atoms with Crippen LogP contribution in [-0.4, -0.2) is 38.3 Å². The van der Waals surface area contributed by atoms with E-state index in [0.717, 1.165) is 12.1 Å². The number of halogens is 3. The summed E-state index contributed by atoms with van der Waals surface area (Å²) in [6, 6.07) is 3.41. The van der Waals surface area contributed by atoms with Gasteiger partial charge in [-0.25, -0.2) is 0 Å². The first-order chi connectivity index (χ1) is 9.88. The molecule has 1 fully saturated rings. The Kier molecular flexibility index (Phi) is 4.69. The standard InChI is InChI=1S/C13H16F3N3O2/c14-13(15,16)11-5-8(1-2-10(11)12(17)20)19-6-9-7-21-4-3-18-9/h1-2,5,9,18-19H,3-4,6-7H2,(H2,17,20). The highest BCUT2D eigenvalue weighted by atomic mass is 19.4. The highest BCUT2D eigenvalue weighted by Crippen LogP contribution is 2.33. The Labute approximate surface area is 119 Å². The molecule has 1 aliphatic rings. The smallest absolute Gasteiger partial charge is 0.383 e. The summed E-state index contributed by atoms with van der Waals surface area (Å²) in [4.78, 5) is 11.1. The number of rotatable bonds is 4. The largest absolute Gasteiger partial charge is 0.417 e. The van der Waals surface area contributed by atoms with Crippen LogP contribution in [0.1, 0.15) is 15.9 Å². The molecule has 1 aromatic rings. The lowest BCUT2D eigenvalue weighted by Gasteiger charge is -2.24. The van der Waals surface area contributed by atoms with E-state index < -0.39 is 23.2 Å². The molecule has 4 N–H and O–H groups in total. The molecular weight excluding hydrogens is 287 g/mol. The number of carbonyl (C=O) groups is 1. The quantitative estimate of drug-likeness (QED) is 0.781. The van der Waals surface area contributed by atoms with Crippen LogP contribution in [0.5, 0.6) is 0 Å². The molecule has 1 atom stereocenters. The minimum Gasteiger partial charge on any atom is -0.383 e. The fourth-order valence-corrected chi connectivity index (χ4v) is 2.10. The third kappa shape index (κ3) is 4.08. The molecule has 116 valence electrons. The minimum atomic E-state index is -4.63. The summed E-state index contributed by atoms with van der Waals surface area (Å²) < 4.78 is 44.0. The molecule has 1 heterocycles. The molecule has 1 unspecified atom stereocenters. The molecule has 0 radical (unpaired) electrons. The Hall–Kier alpha value is -1.80. The fourth-order valence-electron chi connectivity index (χ4n) is 2.10. The van der Waals surface area contributed by atoms with Crippen molar-refractivity contribution in [1.29, 1.82) is 0 Å². The van der Waals surface area contributed by atoms with Gasteiger partial charge in [0.15, 0.2) is 0 Å². The molecule has 0 aromatic heterocycles. The predicted molar refractivity (Wildman–Crippen MR) is 71.1 cm³/mol. The monoisotopic (exact) mass is 303 g/mol. The van der Waals surface area contributed by atoms with Crippen molar-refractivity contribution in [2.24, 2.45) is 5.73 Å². The summed E-state index contributed by atoms with van der Waals surface area (Å²) >= 11 is 0. The molecule has 2 rings (SSSR count). The lowest BCUT2D eigenvalue weighted by molar-refractivity contribution is -0.137. The normalized spacial score (nSPS) is 19.3. The number of anilines is 1. The number of hydrogen-bond donors (Lipinski definition) is 3. The lowest BCUT2D eigenvalue weighted by atomic mass is 10.1. The van der Waals surface area contributed by atoms with Crippen LogP contribution in [0.15, 0.2) is 18.2 Å². The maximum atomic E-state index is 12.9. The number of ether oxygens (including phenoxy) is 1. The van der Waals surface area contributed by atoms with Crippen LogP contribution in [0, 0.1) is 0 Å². The van der Waals surface area contributed by atoms with Crippen LogP contribution in [0.4, 0.5) is 18.9 Å². The number of hydrogen-bond acceptors (Lipinski definition) is 4. The van der Waals surface area contributed by atoms with Crippen molar-refractivity contribution < 1.29 is 22.7 Å². The summed E-state index contributed by atoms with van der Waals surface area (Å²) in [6.07, 6.45) is -4.63. The zero-order valence-corrected chi connectivity index (χ0v) is 11.2. The van der Waals surface area contributed by atoms with E-state index in [4.69, 9.17) is 10.5 Å². The number of alkyl halides is 3. The zero-order valence-electron chi connectivity index (χ0n) is 11.2. The van der Waals surface area contributed by atoms with Gasteiger partial charge in [0.1, 0.15) is 0 Å². The number of nitrogens with two attached hydrogens (primary N) is 1. The number of morpholine rings is 1. The molecule has 1 saturated heterocycles. The maximum Gasteiger partial charge on any atom is 0.417 e. The van der Waals surface area contributed by atoms with Crippen LogP contribution in [0.25, 0.3) is 0 Å². The zero-order chi connectivity index (χ0) is 15.5. The Balaban J connectivity index is 2.11. The minimum absolute atomic E-state index is 0.0314. The second-order valence-electron chi connectivity index (χ2n) is 4.73. The number of nitrogens with one attached hydrogen (secondary N) is 2. The summed E-state index contributed by atoms with van der Waals surface area (Å²) in [7, 11) is 0. The van der Waals surface area contributed by atoms with Crippen molar-refractivity contribution in [1.82, 2.24) is 5.32 Å². The number of benzene rings is 1. The molecule has 1 aliphatic heterocycles. The molecule has 8 heteroatoms. The first-order valence-electron chi connectivity index (χ1n) is 6.44. The van der Waals surface area contributed by atoms with Gasteiger partial charge in [0, 0.05) is 24.8 Å². The number of carbonyl (C=O) groups excluding carboxylic acids is 1. The third-order valence-corrected chi connectivity index (χ3v) is 3.14. The molecule has 0 aliphatic carbocycles. The Morgan fingerprint density at radius 2 is 2.24 bits per heavy atom. The van der Waals surface area contributed by atoms with Gasteiger partial charge in [0.25, 0.3) is 0 Å². The molecule has 21 heavy (non-hydrogen) atoms. The second kappa shape index (κ2) is 6.31. The average Bonchev–Trinajstić information content (AvgIpc) is 2.45. The van der Waals surface area contributed by atoms with E-state index in [0.29, 0.717) is 26.3 Å². The van der Waals surface area contributed by atoms with Crippen molar-refractivity contribution in [2.75, 3.05) is 31.6 Å². The molecule has 1 amide bonds. The van der Waals surface area contributed by atoms with Gasteiger partial charge in [-0.15, -0.1) is 0 Å². The van der Waals surface area contributed by atoms with E-state index in [9.17, 15) is 18.0 Å². The SMILES string of the molecule is NC(=O)c1ccc(NCC2COCCN2)cc1C(F)(F)F. The number of primary amides is 1. The summed E-state index contributed by atoms with van der Waals surface area (Å²) in [5.41, 5.74) is 3.67. The molecule has 0 spiro atoms. The van der Waals surface area contributed by atoms with Crippen molar-refractivity contribution >= 4 is 11.6 Å². The van der Waals surface area contributed by atoms with E-state index in [1.807, 2.05) is 0 Å². The van der Waals surface area contributed by atoms with Crippen LogP contribution in [-0.2, 0) is 10.9 Å². The van der Waals surface area contributed by atoms with E-state index >= 15 is 0 Å². The predicted octanol–water partition coefficient (Wildman–Crippen LogP) is 1.20. The van der Waals surface area contributed by atoms with Crippen LogP contribution >= 0.6 is 0 Å². The van der Waals surface area contributed by atoms with Crippen molar-refractivity contribution in [2.45, 2.75) is 12.2 Å². The molecule has 5 nitrogen and oxygen atoms in total. The maximum absolute atomic E-state index is 12.9. The first kappa shape index (κ1) is 15.6. The third-order valence-electron chi connectivity index (χ3n) is 3.14. The first-order valence-corrected chi connectivity index (χ1v) is 6.44. The van der Waals surface area contributed by atoms with E-state index in [2.05, 4.69) is 10.6 Å². The molecule has 0 bridgehead atoms. The van der Waals surface area contributed by atoms with Crippen molar-refractivity contribution in [3.63, 3.8) is 0 Å². The molecule has 1 aromatic carbocycles. The Morgan fingerprint density at radius 1 is 1.48 bits per heavy atom. The summed E-state index contributed by atoms with van der Waals surface area (Å²) in [5.74, 6) is -1.10. The van der Waals surface area contributed by atoms with Crippen LogP contribution < -0.4 is 16.4 Å². The second-order valence-corrected chi connectivity index (χ2v) is 4.73. The van der Waals surface area contributed by atoms with Gasteiger partial charge in [0.2, 0.25) is 5.91 Å². The van der Waals surface area contributed by atoms with E-state index in [1.54, 1.807) is 0 Å². The van der Waals surface area contributed by atoms with Gasteiger partial charge in [-0.3, -0.25) is 4.79 Å². The molecular formula is C13H16F3N3O2. The fraction of sp³-hybridized carbons (Fsp3) is 0.462. The van der Waals surface area contributed by atoms with Gasteiger partial charge in [-0.05, 0) is 18.2 Å². The number of amides is 1. The van der Waals surface area contributed by atoms with Gasteiger partial charge < -0.3 is 21.1 Å². The van der Waals surface area contributed by atoms with Gasteiger partial charge in [-0.1, -0.05) is 0 Å². The molecule has 0 saturated carbocycles. The lowest BCUT2D eigenvalue weighted by Crippen LogP contribution is -2.45. The summed E-state index contributed by atoms with van der Waals surface area (Å²) in [6.45, 7) is 2.26. The van der Waals surface area contributed by atoms with Gasteiger partial charge in [-0.2, -0.15) is 13.2 Å². The Morgan fingerprint density at radius 3 is 2.81 bits per heavy atom. The highest BCUT2D eigenvalue weighted by Gasteiger charge is 2.35. The van der Waals surface area contributed by atoms with Crippen molar-refractivity contribution in [3.05, 3.63) is 29.3 Å². The van der Waals surface area contributed by atoms with Crippen molar-refractivity contribution in [3.8, 4) is 0 Å². The Bertz CT molecular complexity index is 514. The average molecular weight is 303 g/mol. The van der Waals surface area contributed by atoms with Gasteiger partial charge in [0.05, 0.1) is 24.3 Å². The highest BCUT2D eigenvalue weighted by molar-refractivity contribution is 5.95. The van der Waals surface area contributed by atoms with Gasteiger partial charge >= 0.3 is 6.18 Å². The topological polar surface area (TPSA) is 76.4 Å². The van der Waals surface area contributed by atoms with E-state index in [-0.39, 0.29) is 11.7 Å².